The SMILES string of the molecule is CC1CCN(S(=O)(=O)N(C)c2cccc(N)c2)CC1. The highest BCUT2D eigenvalue weighted by Gasteiger charge is 2.30. The molecule has 1 aliphatic heterocycles. The van der Waals surface area contributed by atoms with Crippen molar-refractivity contribution in [3.05, 3.63) is 24.3 Å². The van der Waals surface area contributed by atoms with Crippen LogP contribution in [-0.4, -0.2) is 32.9 Å². The van der Waals surface area contributed by atoms with Gasteiger partial charge in [0.15, 0.2) is 0 Å². The fourth-order valence-corrected chi connectivity index (χ4v) is 3.64. The second kappa shape index (κ2) is 5.38. The summed E-state index contributed by atoms with van der Waals surface area (Å²) < 4.78 is 27.9. The van der Waals surface area contributed by atoms with Crippen LogP contribution in [0.3, 0.4) is 0 Å². The minimum atomic E-state index is -3.44. The van der Waals surface area contributed by atoms with Crippen LogP contribution in [0.15, 0.2) is 24.3 Å². The topological polar surface area (TPSA) is 66.6 Å². The normalized spacial score (nSPS) is 18.4. The van der Waals surface area contributed by atoms with Gasteiger partial charge in [-0.25, -0.2) is 0 Å². The molecule has 19 heavy (non-hydrogen) atoms. The summed E-state index contributed by atoms with van der Waals surface area (Å²) >= 11 is 0. The van der Waals surface area contributed by atoms with Gasteiger partial charge in [0.25, 0.3) is 0 Å². The van der Waals surface area contributed by atoms with E-state index in [0.29, 0.717) is 30.4 Å². The van der Waals surface area contributed by atoms with Crippen LogP contribution >= 0.6 is 0 Å². The van der Waals surface area contributed by atoms with Gasteiger partial charge in [-0.05, 0) is 37.0 Å². The molecule has 0 atom stereocenters. The van der Waals surface area contributed by atoms with Gasteiger partial charge in [-0.3, -0.25) is 4.31 Å². The van der Waals surface area contributed by atoms with Crippen molar-refractivity contribution in [1.82, 2.24) is 4.31 Å². The number of piperidine rings is 1. The largest absolute Gasteiger partial charge is 0.399 e. The molecule has 1 aromatic carbocycles. The lowest BCUT2D eigenvalue weighted by Gasteiger charge is -2.33. The molecule has 2 N–H and O–H groups in total. The van der Waals surface area contributed by atoms with Gasteiger partial charge >= 0.3 is 10.2 Å². The zero-order chi connectivity index (χ0) is 14.0. The first-order chi connectivity index (χ1) is 8.91. The fraction of sp³-hybridized carbons (Fsp3) is 0.538. The second-order valence-electron chi connectivity index (χ2n) is 5.15. The van der Waals surface area contributed by atoms with E-state index >= 15 is 0 Å². The van der Waals surface area contributed by atoms with E-state index in [1.165, 1.54) is 4.31 Å². The molecule has 6 heteroatoms. The van der Waals surface area contributed by atoms with Crippen molar-refractivity contribution in [2.24, 2.45) is 5.92 Å². The third-order valence-corrected chi connectivity index (χ3v) is 5.57. The van der Waals surface area contributed by atoms with Crippen molar-refractivity contribution in [3.8, 4) is 0 Å². The smallest absolute Gasteiger partial charge is 0.303 e. The summed E-state index contributed by atoms with van der Waals surface area (Å²) in [6, 6.07) is 6.92. The van der Waals surface area contributed by atoms with Crippen LogP contribution in [0, 0.1) is 5.92 Å². The van der Waals surface area contributed by atoms with E-state index in [1.54, 1.807) is 35.6 Å². The Morgan fingerprint density at radius 1 is 1.32 bits per heavy atom. The van der Waals surface area contributed by atoms with Crippen LogP contribution in [-0.2, 0) is 10.2 Å². The first-order valence-electron chi connectivity index (χ1n) is 6.51. The van der Waals surface area contributed by atoms with E-state index in [-0.39, 0.29) is 0 Å². The highest BCUT2D eigenvalue weighted by Crippen LogP contribution is 2.24. The standard InChI is InChI=1S/C13H21N3O2S/c1-11-6-8-16(9-7-11)19(17,18)15(2)13-5-3-4-12(14)10-13/h3-5,10-11H,6-9,14H2,1-2H3. The van der Waals surface area contributed by atoms with Crippen molar-refractivity contribution >= 4 is 21.6 Å². The monoisotopic (exact) mass is 283 g/mol. The molecule has 0 aromatic heterocycles. The molecular weight excluding hydrogens is 262 g/mol. The van der Waals surface area contributed by atoms with E-state index in [0.717, 1.165) is 12.8 Å². The van der Waals surface area contributed by atoms with E-state index in [1.807, 2.05) is 0 Å². The van der Waals surface area contributed by atoms with Crippen molar-refractivity contribution in [1.29, 1.82) is 0 Å². The number of benzene rings is 1. The third kappa shape index (κ3) is 3.01. The van der Waals surface area contributed by atoms with E-state index in [9.17, 15) is 8.42 Å². The highest BCUT2D eigenvalue weighted by molar-refractivity contribution is 7.90. The number of hydrogen-bond donors (Lipinski definition) is 1. The number of nitrogens with zero attached hydrogens (tertiary/aromatic N) is 2. The highest BCUT2D eigenvalue weighted by atomic mass is 32.2. The average Bonchev–Trinajstić information content (AvgIpc) is 2.38. The molecule has 1 aliphatic rings. The van der Waals surface area contributed by atoms with E-state index in [2.05, 4.69) is 6.92 Å². The van der Waals surface area contributed by atoms with Gasteiger partial charge in [0.05, 0.1) is 5.69 Å². The zero-order valence-electron chi connectivity index (χ0n) is 11.4. The van der Waals surface area contributed by atoms with Gasteiger partial charge in [0.1, 0.15) is 0 Å². The Kier molecular flexibility index (Phi) is 4.01. The molecule has 1 aromatic rings. The summed E-state index contributed by atoms with van der Waals surface area (Å²) in [6.07, 6.45) is 1.84. The van der Waals surface area contributed by atoms with Crippen molar-refractivity contribution < 1.29 is 8.42 Å². The minimum absolute atomic E-state index is 0.562. The quantitative estimate of drug-likeness (QED) is 0.858. The Bertz CT molecular complexity index is 537. The average molecular weight is 283 g/mol. The number of hydrogen-bond acceptors (Lipinski definition) is 3. The van der Waals surface area contributed by atoms with Gasteiger partial charge in [-0.2, -0.15) is 12.7 Å². The Morgan fingerprint density at radius 2 is 1.95 bits per heavy atom. The summed E-state index contributed by atoms with van der Waals surface area (Å²) in [5.74, 6) is 0.601. The summed E-state index contributed by atoms with van der Waals surface area (Å²) in [6.45, 7) is 3.35. The summed E-state index contributed by atoms with van der Waals surface area (Å²) in [7, 11) is -1.87. The fourth-order valence-electron chi connectivity index (χ4n) is 2.24. The molecule has 5 nitrogen and oxygen atoms in total. The Morgan fingerprint density at radius 3 is 2.53 bits per heavy atom. The van der Waals surface area contributed by atoms with Crippen LogP contribution in [0.1, 0.15) is 19.8 Å². The second-order valence-corrected chi connectivity index (χ2v) is 7.11. The molecule has 1 fully saturated rings. The lowest BCUT2D eigenvalue weighted by molar-refractivity contribution is 0.287. The molecule has 0 radical (unpaired) electrons. The number of anilines is 2. The van der Waals surface area contributed by atoms with Crippen LogP contribution in [0.5, 0.6) is 0 Å². The number of rotatable bonds is 3. The van der Waals surface area contributed by atoms with Crippen LogP contribution < -0.4 is 10.0 Å². The van der Waals surface area contributed by atoms with Crippen molar-refractivity contribution in [2.75, 3.05) is 30.2 Å². The number of nitrogen functional groups attached to an aromatic ring is 1. The summed E-state index contributed by atoms with van der Waals surface area (Å²) in [4.78, 5) is 0. The molecule has 1 saturated heterocycles. The first-order valence-corrected chi connectivity index (χ1v) is 7.90. The Labute approximate surface area is 115 Å². The molecule has 106 valence electrons. The summed E-state index contributed by atoms with van der Waals surface area (Å²) in [5.41, 5.74) is 6.86. The molecule has 0 aliphatic carbocycles. The molecule has 0 amide bonds. The zero-order valence-corrected chi connectivity index (χ0v) is 12.2. The van der Waals surface area contributed by atoms with Crippen LogP contribution in [0.4, 0.5) is 11.4 Å². The van der Waals surface area contributed by atoms with Gasteiger partial charge in [0, 0.05) is 25.8 Å². The summed E-state index contributed by atoms with van der Waals surface area (Å²) in [5, 5.41) is 0. The van der Waals surface area contributed by atoms with Crippen LogP contribution in [0.2, 0.25) is 0 Å². The lowest BCUT2D eigenvalue weighted by atomic mass is 10.0. The van der Waals surface area contributed by atoms with Gasteiger partial charge in [0.2, 0.25) is 0 Å². The molecular formula is C13H21N3O2S. The molecule has 0 bridgehead atoms. The molecule has 0 unspecified atom stereocenters. The van der Waals surface area contributed by atoms with E-state index < -0.39 is 10.2 Å². The van der Waals surface area contributed by atoms with Gasteiger partial charge < -0.3 is 5.73 Å². The predicted octanol–water partition coefficient (Wildman–Crippen LogP) is 1.68. The van der Waals surface area contributed by atoms with Crippen LogP contribution in [0.25, 0.3) is 0 Å². The van der Waals surface area contributed by atoms with Gasteiger partial charge in [-0.15, -0.1) is 0 Å². The lowest BCUT2D eigenvalue weighted by Crippen LogP contribution is -2.45. The third-order valence-electron chi connectivity index (χ3n) is 3.65. The maximum absolute atomic E-state index is 12.5. The molecule has 0 saturated carbocycles. The maximum Gasteiger partial charge on any atom is 0.303 e. The van der Waals surface area contributed by atoms with E-state index in [4.69, 9.17) is 5.73 Å². The van der Waals surface area contributed by atoms with Crippen molar-refractivity contribution in [3.63, 3.8) is 0 Å². The Hall–Kier alpha value is -1.27. The first kappa shape index (κ1) is 14.1. The molecule has 2 rings (SSSR count). The molecule has 1 heterocycles. The minimum Gasteiger partial charge on any atom is -0.399 e. The molecule has 0 spiro atoms. The number of nitrogens with two attached hydrogens (primary N) is 1. The Balaban J connectivity index is 2.19. The maximum atomic E-state index is 12.5. The van der Waals surface area contributed by atoms with Gasteiger partial charge in [-0.1, -0.05) is 13.0 Å². The predicted molar refractivity (Wildman–Crippen MR) is 78.1 cm³/mol. The van der Waals surface area contributed by atoms with Crippen molar-refractivity contribution in [2.45, 2.75) is 19.8 Å².